The molecule has 0 unspecified atom stereocenters. The van der Waals surface area contributed by atoms with Gasteiger partial charge in [-0.15, -0.1) is 0 Å². The second-order valence-corrected chi connectivity index (χ2v) is 4.01. The topological polar surface area (TPSA) is 47.3 Å². The zero-order valence-corrected chi connectivity index (χ0v) is 10.1. The van der Waals surface area contributed by atoms with Crippen LogP contribution in [0.2, 0.25) is 0 Å². The van der Waals surface area contributed by atoms with Gasteiger partial charge >= 0.3 is 0 Å². The molecule has 0 bridgehead atoms. The second kappa shape index (κ2) is 5.64. The van der Waals surface area contributed by atoms with Crippen molar-refractivity contribution >= 4 is 0 Å². The number of benzene rings is 1. The Morgan fingerprint density at radius 3 is 2.94 bits per heavy atom. The van der Waals surface area contributed by atoms with Crippen molar-refractivity contribution in [3.05, 3.63) is 48.3 Å². The van der Waals surface area contributed by atoms with Gasteiger partial charge in [-0.05, 0) is 19.1 Å². The molecule has 0 aliphatic carbocycles. The van der Waals surface area contributed by atoms with Gasteiger partial charge < -0.3 is 14.4 Å². The molecule has 2 aromatic rings. The molecule has 0 saturated heterocycles. The number of nitrogens with zero attached hydrogens (tertiary/aromatic N) is 2. The highest BCUT2D eigenvalue weighted by Gasteiger charge is 2.08. The van der Waals surface area contributed by atoms with Crippen LogP contribution < -0.4 is 4.74 Å². The average molecular weight is 250 g/mol. The van der Waals surface area contributed by atoms with E-state index in [-0.39, 0.29) is 5.56 Å². The maximum absolute atomic E-state index is 13.5. The summed E-state index contributed by atoms with van der Waals surface area (Å²) in [6.07, 6.45) is 4.41. The van der Waals surface area contributed by atoms with Gasteiger partial charge in [-0.25, -0.2) is 9.37 Å². The van der Waals surface area contributed by atoms with Gasteiger partial charge in [0.1, 0.15) is 18.2 Å². The maximum atomic E-state index is 13.5. The first-order chi connectivity index (χ1) is 8.66. The van der Waals surface area contributed by atoms with E-state index in [1.54, 1.807) is 18.6 Å². The smallest absolute Gasteiger partial charge is 0.132 e. The van der Waals surface area contributed by atoms with Crippen molar-refractivity contribution in [3.8, 4) is 5.75 Å². The van der Waals surface area contributed by atoms with Crippen LogP contribution in [-0.2, 0) is 6.54 Å². The fraction of sp³-hybridized carbons (Fsp3) is 0.308. The Balaban J connectivity index is 1.92. The number of hydrogen-bond donors (Lipinski definition) is 1. The predicted octanol–water partition coefficient (Wildman–Crippen LogP) is 2.15. The number of rotatable bonds is 5. The molecular weight excluding hydrogens is 235 g/mol. The van der Waals surface area contributed by atoms with Crippen LogP contribution in [0.1, 0.15) is 18.6 Å². The van der Waals surface area contributed by atoms with Gasteiger partial charge in [-0.3, -0.25) is 0 Å². The van der Waals surface area contributed by atoms with E-state index in [1.807, 2.05) is 10.8 Å². The summed E-state index contributed by atoms with van der Waals surface area (Å²) in [6, 6.07) is 4.47. The maximum Gasteiger partial charge on any atom is 0.132 e. The first-order valence-electron chi connectivity index (χ1n) is 5.73. The van der Waals surface area contributed by atoms with Crippen LogP contribution in [0.5, 0.6) is 5.75 Å². The summed E-state index contributed by atoms with van der Waals surface area (Å²) in [5.74, 6) is 0.00199. The second-order valence-electron chi connectivity index (χ2n) is 4.01. The number of hydrogen-bond acceptors (Lipinski definition) is 3. The Morgan fingerprint density at radius 1 is 1.50 bits per heavy atom. The third-order valence-electron chi connectivity index (χ3n) is 2.60. The first kappa shape index (κ1) is 12.6. The number of aromatic nitrogens is 2. The van der Waals surface area contributed by atoms with Crippen molar-refractivity contribution in [2.24, 2.45) is 0 Å². The van der Waals surface area contributed by atoms with E-state index in [4.69, 9.17) is 4.74 Å². The predicted molar refractivity (Wildman–Crippen MR) is 64.8 cm³/mol. The molecule has 5 heteroatoms. The molecule has 1 atom stereocenters. The van der Waals surface area contributed by atoms with Gasteiger partial charge in [0.25, 0.3) is 0 Å². The number of ether oxygens (including phenoxy) is 1. The fourth-order valence-electron chi connectivity index (χ4n) is 1.62. The zero-order valence-electron chi connectivity index (χ0n) is 10.1. The molecule has 0 aliphatic heterocycles. The van der Waals surface area contributed by atoms with E-state index < -0.39 is 11.9 Å². The van der Waals surface area contributed by atoms with E-state index in [1.165, 1.54) is 19.1 Å². The molecule has 1 aromatic carbocycles. The standard InChI is InChI=1S/C13H15FN2O2/c1-10(17)12-3-2-11(8-13(12)14)18-7-6-16-5-4-15-9-16/h2-5,8-10,17H,6-7H2,1H3/t10-/m0/s1. The third kappa shape index (κ3) is 3.07. The quantitative estimate of drug-likeness (QED) is 0.884. The van der Waals surface area contributed by atoms with Crippen molar-refractivity contribution < 1.29 is 14.2 Å². The van der Waals surface area contributed by atoms with Crippen molar-refractivity contribution in [1.29, 1.82) is 0 Å². The lowest BCUT2D eigenvalue weighted by molar-refractivity contribution is 0.194. The lowest BCUT2D eigenvalue weighted by Crippen LogP contribution is -2.07. The first-order valence-corrected chi connectivity index (χ1v) is 5.73. The van der Waals surface area contributed by atoms with Gasteiger partial charge in [0.15, 0.2) is 0 Å². The third-order valence-corrected chi connectivity index (χ3v) is 2.60. The zero-order chi connectivity index (χ0) is 13.0. The van der Waals surface area contributed by atoms with Crippen LogP contribution in [0, 0.1) is 5.82 Å². The molecule has 1 aromatic heterocycles. The van der Waals surface area contributed by atoms with Crippen molar-refractivity contribution in [2.45, 2.75) is 19.6 Å². The summed E-state index contributed by atoms with van der Waals surface area (Å²) >= 11 is 0. The molecule has 1 heterocycles. The van der Waals surface area contributed by atoms with Gasteiger partial charge in [0, 0.05) is 24.0 Å². The molecule has 0 aliphatic rings. The molecule has 4 nitrogen and oxygen atoms in total. The van der Waals surface area contributed by atoms with E-state index in [9.17, 15) is 9.50 Å². The molecule has 0 radical (unpaired) electrons. The van der Waals surface area contributed by atoms with E-state index in [2.05, 4.69) is 4.98 Å². The normalized spacial score (nSPS) is 12.4. The average Bonchev–Trinajstić information content (AvgIpc) is 2.81. The Hall–Kier alpha value is -1.88. The minimum Gasteiger partial charge on any atom is -0.492 e. The number of aliphatic hydroxyl groups excluding tert-OH is 1. The largest absolute Gasteiger partial charge is 0.492 e. The summed E-state index contributed by atoms with van der Waals surface area (Å²) < 4.78 is 20.8. The molecular formula is C13H15FN2O2. The summed E-state index contributed by atoms with van der Waals surface area (Å²) in [4.78, 5) is 3.91. The molecule has 0 amide bonds. The van der Waals surface area contributed by atoms with E-state index in [0.29, 0.717) is 18.9 Å². The minimum absolute atomic E-state index is 0.275. The van der Waals surface area contributed by atoms with Crippen LogP contribution in [0.15, 0.2) is 36.9 Å². The van der Waals surface area contributed by atoms with Crippen molar-refractivity contribution in [2.75, 3.05) is 6.61 Å². The summed E-state index contributed by atoms with van der Waals surface area (Å²) in [6.45, 7) is 2.61. The SMILES string of the molecule is C[C@H](O)c1ccc(OCCn2ccnc2)cc1F. The van der Waals surface area contributed by atoms with Crippen LogP contribution in [0.25, 0.3) is 0 Å². The molecule has 1 N–H and O–H groups in total. The number of aliphatic hydroxyl groups is 1. The van der Waals surface area contributed by atoms with Gasteiger partial charge in [0.2, 0.25) is 0 Å². The molecule has 0 fully saturated rings. The van der Waals surface area contributed by atoms with Crippen molar-refractivity contribution in [3.63, 3.8) is 0 Å². The highest BCUT2D eigenvalue weighted by molar-refractivity contribution is 5.29. The lowest BCUT2D eigenvalue weighted by atomic mass is 10.1. The lowest BCUT2D eigenvalue weighted by Gasteiger charge is -2.10. The van der Waals surface area contributed by atoms with Crippen LogP contribution >= 0.6 is 0 Å². The molecule has 2 rings (SSSR count). The van der Waals surface area contributed by atoms with Crippen molar-refractivity contribution in [1.82, 2.24) is 9.55 Å². The molecule has 18 heavy (non-hydrogen) atoms. The monoisotopic (exact) mass is 250 g/mol. The number of imidazole rings is 1. The van der Waals surface area contributed by atoms with Gasteiger partial charge in [-0.2, -0.15) is 0 Å². The minimum atomic E-state index is -0.815. The summed E-state index contributed by atoms with van der Waals surface area (Å²) in [5, 5.41) is 9.31. The number of halogens is 1. The highest BCUT2D eigenvalue weighted by Crippen LogP contribution is 2.21. The van der Waals surface area contributed by atoms with E-state index >= 15 is 0 Å². The summed E-state index contributed by atoms with van der Waals surface area (Å²) in [7, 11) is 0. The van der Waals surface area contributed by atoms with Gasteiger partial charge in [-0.1, -0.05) is 0 Å². The van der Waals surface area contributed by atoms with Gasteiger partial charge in [0.05, 0.1) is 19.0 Å². The summed E-state index contributed by atoms with van der Waals surface area (Å²) in [5.41, 5.74) is 0.275. The van der Waals surface area contributed by atoms with Crippen LogP contribution in [-0.4, -0.2) is 21.3 Å². The highest BCUT2D eigenvalue weighted by atomic mass is 19.1. The Kier molecular flexibility index (Phi) is 3.94. The molecule has 0 saturated carbocycles. The van der Waals surface area contributed by atoms with Crippen LogP contribution in [0.3, 0.4) is 0 Å². The Labute approximate surface area is 105 Å². The fourth-order valence-corrected chi connectivity index (χ4v) is 1.62. The van der Waals surface area contributed by atoms with Crippen LogP contribution in [0.4, 0.5) is 4.39 Å². The van der Waals surface area contributed by atoms with E-state index in [0.717, 1.165) is 0 Å². The Morgan fingerprint density at radius 2 is 2.33 bits per heavy atom. The molecule has 96 valence electrons. The Bertz CT molecular complexity index is 498. The molecule has 0 spiro atoms.